The molecule has 2 aromatic carbocycles. The molecule has 0 saturated carbocycles. The van der Waals surface area contributed by atoms with Gasteiger partial charge in [-0.25, -0.2) is 0 Å². The highest BCUT2D eigenvalue weighted by Crippen LogP contribution is 2.29. The predicted octanol–water partition coefficient (Wildman–Crippen LogP) is 6.66. The van der Waals surface area contributed by atoms with Gasteiger partial charge in [-0.15, -0.1) is 0 Å². The van der Waals surface area contributed by atoms with E-state index in [4.69, 9.17) is 0 Å². The van der Waals surface area contributed by atoms with Crippen molar-refractivity contribution >= 4 is 0 Å². The Hall–Kier alpha value is -1.56. The molecule has 0 heteroatoms. The Morgan fingerprint density at radius 1 is 0.773 bits per heavy atom. The molecule has 0 fully saturated rings. The van der Waals surface area contributed by atoms with E-state index >= 15 is 0 Å². The zero-order chi connectivity index (χ0) is 15.8. The maximum atomic E-state index is 2.35. The highest BCUT2D eigenvalue weighted by atomic mass is 14.2. The maximum Gasteiger partial charge on any atom is 0.00663 e. The SMILES string of the molecule is CCCCCCCc1ccccc1C(C)c1ccccc1C. The zero-order valence-electron chi connectivity index (χ0n) is 14.4. The summed E-state index contributed by atoms with van der Waals surface area (Å²) in [6, 6.07) is 17.8. The second kappa shape index (κ2) is 8.78. The maximum absolute atomic E-state index is 2.35. The van der Waals surface area contributed by atoms with Gasteiger partial charge >= 0.3 is 0 Å². The molecule has 0 aliphatic rings. The molecule has 0 bridgehead atoms. The van der Waals surface area contributed by atoms with Gasteiger partial charge in [-0.05, 0) is 42.0 Å². The summed E-state index contributed by atoms with van der Waals surface area (Å²) in [5, 5.41) is 0. The molecule has 0 aliphatic carbocycles. The van der Waals surface area contributed by atoms with Crippen molar-refractivity contribution in [3.63, 3.8) is 0 Å². The first-order valence-electron chi connectivity index (χ1n) is 8.87. The molecule has 0 nitrogen and oxygen atoms in total. The first kappa shape index (κ1) is 16.8. The monoisotopic (exact) mass is 294 g/mol. The molecule has 0 aliphatic heterocycles. The van der Waals surface area contributed by atoms with E-state index < -0.39 is 0 Å². The van der Waals surface area contributed by atoms with Crippen molar-refractivity contribution in [2.45, 2.75) is 65.2 Å². The van der Waals surface area contributed by atoms with Crippen molar-refractivity contribution in [1.82, 2.24) is 0 Å². The van der Waals surface area contributed by atoms with E-state index in [0.717, 1.165) is 0 Å². The van der Waals surface area contributed by atoms with E-state index in [2.05, 4.69) is 69.3 Å². The van der Waals surface area contributed by atoms with E-state index in [0.29, 0.717) is 5.92 Å². The highest BCUT2D eigenvalue weighted by molar-refractivity contribution is 5.40. The van der Waals surface area contributed by atoms with Crippen LogP contribution in [-0.4, -0.2) is 0 Å². The van der Waals surface area contributed by atoms with Gasteiger partial charge in [0.2, 0.25) is 0 Å². The van der Waals surface area contributed by atoms with Crippen LogP contribution in [0.3, 0.4) is 0 Å². The summed E-state index contributed by atoms with van der Waals surface area (Å²) >= 11 is 0. The van der Waals surface area contributed by atoms with Gasteiger partial charge in [0.25, 0.3) is 0 Å². The topological polar surface area (TPSA) is 0 Å². The standard InChI is InChI=1S/C22H30/c1-4-5-6-7-8-14-20-15-10-12-17-22(20)19(3)21-16-11-9-13-18(21)2/h9-13,15-17,19H,4-8,14H2,1-3H3. The van der Waals surface area contributed by atoms with Crippen molar-refractivity contribution in [2.24, 2.45) is 0 Å². The molecule has 0 radical (unpaired) electrons. The van der Waals surface area contributed by atoms with Crippen LogP contribution < -0.4 is 0 Å². The summed E-state index contributed by atoms with van der Waals surface area (Å²) < 4.78 is 0. The van der Waals surface area contributed by atoms with E-state index in [9.17, 15) is 0 Å². The van der Waals surface area contributed by atoms with Gasteiger partial charge in [-0.3, -0.25) is 0 Å². The molecule has 2 aromatic rings. The molecule has 22 heavy (non-hydrogen) atoms. The molecule has 0 aromatic heterocycles. The summed E-state index contributed by atoms with van der Waals surface area (Å²) in [4.78, 5) is 0. The van der Waals surface area contributed by atoms with Gasteiger partial charge in [0.1, 0.15) is 0 Å². The van der Waals surface area contributed by atoms with Crippen LogP contribution in [0.4, 0.5) is 0 Å². The lowest BCUT2D eigenvalue weighted by Gasteiger charge is -2.19. The van der Waals surface area contributed by atoms with Gasteiger partial charge in [-0.2, -0.15) is 0 Å². The van der Waals surface area contributed by atoms with Crippen LogP contribution in [0.25, 0.3) is 0 Å². The number of benzene rings is 2. The number of rotatable bonds is 8. The fourth-order valence-electron chi connectivity index (χ4n) is 3.34. The predicted molar refractivity (Wildman–Crippen MR) is 97.6 cm³/mol. The van der Waals surface area contributed by atoms with E-state index in [1.54, 1.807) is 0 Å². The number of aryl methyl sites for hydroxylation is 2. The van der Waals surface area contributed by atoms with E-state index in [1.807, 2.05) is 0 Å². The molecule has 0 amide bonds. The molecule has 0 heterocycles. The molecule has 1 unspecified atom stereocenters. The Bertz CT molecular complexity index is 568. The van der Waals surface area contributed by atoms with Gasteiger partial charge < -0.3 is 0 Å². The number of hydrogen-bond donors (Lipinski definition) is 0. The third kappa shape index (κ3) is 4.47. The average molecular weight is 294 g/mol. The summed E-state index contributed by atoms with van der Waals surface area (Å²) in [5.74, 6) is 0.480. The zero-order valence-corrected chi connectivity index (χ0v) is 14.4. The average Bonchev–Trinajstić information content (AvgIpc) is 2.55. The lowest BCUT2D eigenvalue weighted by molar-refractivity contribution is 0.630. The second-order valence-corrected chi connectivity index (χ2v) is 6.44. The van der Waals surface area contributed by atoms with Crippen LogP contribution in [-0.2, 0) is 6.42 Å². The number of hydrogen-bond acceptors (Lipinski definition) is 0. The van der Waals surface area contributed by atoms with Crippen molar-refractivity contribution < 1.29 is 0 Å². The van der Waals surface area contributed by atoms with Crippen LogP contribution in [0.2, 0.25) is 0 Å². The molecule has 118 valence electrons. The fraction of sp³-hybridized carbons (Fsp3) is 0.455. The van der Waals surface area contributed by atoms with Crippen LogP contribution in [0, 0.1) is 6.92 Å². The molecule has 0 saturated heterocycles. The lowest BCUT2D eigenvalue weighted by Crippen LogP contribution is -2.03. The molecular weight excluding hydrogens is 264 g/mol. The summed E-state index contributed by atoms with van der Waals surface area (Å²) in [6.07, 6.45) is 7.97. The summed E-state index contributed by atoms with van der Waals surface area (Å²) in [5.41, 5.74) is 5.90. The van der Waals surface area contributed by atoms with Gasteiger partial charge in [-0.1, -0.05) is 88.1 Å². The summed E-state index contributed by atoms with van der Waals surface area (Å²) in [7, 11) is 0. The fourth-order valence-corrected chi connectivity index (χ4v) is 3.34. The van der Waals surface area contributed by atoms with E-state index in [1.165, 1.54) is 60.8 Å². The largest absolute Gasteiger partial charge is 0.0654 e. The van der Waals surface area contributed by atoms with Crippen molar-refractivity contribution in [3.8, 4) is 0 Å². The Labute approximate surface area is 136 Å². The van der Waals surface area contributed by atoms with Crippen molar-refractivity contribution in [3.05, 3.63) is 70.8 Å². The minimum Gasteiger partial charge on any atom is -0.0654 e. The van der Waals surface area contributed by atoms with Crippen LogP contribution >= 0.6 is 0 Å². The van der Waals surface area contributed by atoms with Crippen molar-refractivity contribution in [2.75, 3.05) is 0 Å². The molecular formula is C22H30. The number of unbranched alkanes of at least 4 members (excludes halogenated alkanes) is 4. The minimum absolute atomic E-state index is 0.480. The Balaban J connectivity index is 2.09. The Morgan fingerprint density at radius 3 is 2.14 bits per heavy atom. The third-order valence-corrected chi connectivity index (χ3v) is 4.73. The lowest BCUT2D eigenvalue weighted by atomic mass is 9.86. The molecule has 0 spiro atoms. The second-order valence-electron chi connectivity index (χ2n) is 6.44. The van der Waals surface area contributed by atoms with Crippen LogP contribution in [0.1, 0.15) is 74.1 Å². The van der Waals surface area contributed by atoms with Crippen LogP contribution in [0.15, 0.2) is 48.5 Å². The molecule has 2 rings (SSSR count). The van der Waals surface area contributed by atoms with Gasteiger partial charge in [0, 0.05) is 5.92 Å². The summed E-state index contributed by atoms with van der Waals surface area (Å²) in [6.45, 7) is 6.84. The third-order valence-electron chi connectivity index (χ3n) is 4.73. The quantitative estimate of drug-likeness (QED) is 0.477. The normalized spacial score (nSPS) is 12.3. The molecule has 1 atom stereocenters. The smallest absolute Gasteiger partial charge is 0.00663 e. The first-order valence-corrected chi connectivity index (χ1v) is 8.87. The van der Waals surface area contributed by atoms with Gasteiger partial charge in [0.15, 0.2) is 0 Å². The minimum atomic E-state index is 0.480. The molecule has 0 N–H and O–H groups in total. The highest BCUT2D eigenvalue weighted by Gasteiger charge is 2.13. The van der Waals surface area contributed by atoms with Crippen LogP contribution in [0.5, 0.6) is 0 Å². The Morgan fingerprint density at radius 2 is 1.41 bits per heavy atom. The Kier molecular flexibility index (Phi) is 6.71. The first-order chi connectivity index (χ1) is 10.7. The van der Waals surface area contributed by atoms with E-state index in [-0.39, 0.29) is 0 Å². The van der Waals surface area contributed by atoms with Gasteiger partial charge in [0.05, 0.1) is 0 Å². The van der Waals surface area contributed by atoms with Crippen molar-refractivity contribution in [1.29, 1.82) is 0 Å².